The first-order chi connectivity index (χ1) is 10.1. The molecule has 1 aromatic rings. The highest BCUT2D eigenvalue weighted by atomic mass is 16.3. The summed E-state index contributed by atoms with van der Waals surface area (Å²) in [5.41, 5.74) is 0.638. The lowest BCUT2D eigenvalue weighted by molar-refractivity contribution is -0.125. The van der Waals surface area contributed by atoms with Gasteiger partial charge in [-0.05, 0) is 24.3 Å². The molecule has 108 valence electrons. The Kier molecular flexibility index (Phi) is 6.29. The maximum Gasteiger partial charge on any atom is 0.266 e. The molecule has 0 spiro atoms. The second-order valence-corrected chi connectivity index (χ2v) is 4.15. The molecule has 0 atom stereocenters. The van der Waals surface area contributed by atoms with Crippen molar-refractivity contribution in [2.24, 2.45) is 0 Å². The van der Waals surface area contributed by atoms with E-state index in [0.717, 1.165) is 0 Å². The van der Waals surface area contributed by atoms with Crippen LogP contribution in [0, 0.1) is 11.3 Å². The van der Waals surface area contributed by atoms with E-state index in [1.807, 2.05) is 6.07 Å². The minimum Gasteiger partial charge on any atom is -0.508 e. The predicted octanol–water partition coefficient (Wildman–Crippen LogP) is 2.41. The summed E-state index contributed by atoms with van der Waals surface area (Å²) in [4.78, 5) is 13.6. The SMILES string of the molecule is C=CCN(CC=C)C(=O)/C(C#N)=C\Nc1ccc(O)cc1. The monoisotopic (exact) mass is 283 g/mol. The molecule has 0 fully saturated rings. The van der Waals surface area contributed by atoms with Crippen LogP contribution in [-0.2, 0) is 4.79 Å². The van der Waals surface area contributed by atoms with Gasteiger partial charge in [0.25, 0.3) is 5.91 Å². The molecule has 0 saturated carbocycles. The third-order valence-corrected chi connectivity index (χ3v) is 2.59. The van der Waals surface area contributed by atoms with Gasteiger partial charge < -0.3 is 15.3 Å². The first-order valence-electron chi connectivity index (χ1n) is 6.29. The Bertz CT molecular complexity index is 573. The van der Waals surface area contributed by atoms with Crippen molar-refractivity contribution in [3.63, 3.8) is 0 Å². The highest BCUT2D eigenvalue weighted by molar-refractivity contribution is 5.97. The zero-order valence-corrected chi connectivity index (χ0v) is 11.6. The van der Waals surface area contributed by atoms with Gasteiger partial charge in [0.15, 0.2) is 0 Å². The summed E-state index contributed by atoms with van der Waals surface area (Å²) in [6.45, 7) is 7.84. The number of nitrogens with one attached hydrogen (secondary N) is 1. The minimum absolute atomic E-state index is 0.0215. The molecule has 0 aromatic heterocycles. The number of phenols is 1. The smallest absolute Gasteiger partial charge is 0.266 e. The van der Waals surface area contributed by atoms with Crippen LogP contribution >= 0.6 is 0 Å². The van der Waals surface area contributed by atoms with Gasteiger partial charge >= 0.3 is 0 Å². The van der Waals surface area contributed by atoms with Crippen molar-refractivity contribution in [2.45, 2.75) is 0 Å². The van der Waals surface area contributed by atoms with Crippen LogP contribution in [0.15, 0.2) is 61.3 Å². The van der Waals surface area contributed by atoms with E-state index in [1.165, 1.54) is 23.2 Å². The number of carbonyl (C=O) groups is 1. The Labute approximate surface area is 124 Å². The van der Waals surface area contributed by atoms with E-state index in [0.29, 0.717) is 18.8 Å². The molecule has 0 heterocycles. The van der Waals surface area contributed by atoms with Gasteiger partial charge in [-0.2, -0.15) is 5.26 Å². The van der Waals surface area contributed by atoms with Gasteiger partial charge in [-0.25, -0.2) is 0 Å². The van der Waals surface area contributed by atoms with E-state index in [1.54, 1.807) is 24.3 Å². The molecule has 0 aliphatic rings. The van der Waals surface area contributed by atoms with Gasteiger partial charge in [0.2, 0.25) is 0 Å². The maximum absolute atomic E-state index is 12.2. The fraction of sp³-hybridized carbons (Fsp3) is 0.125. The molecule has 0 aliphatic carbocycles. The number of phenolic OH excluding ortho intramolecular Hbond substituents is 1. The Balaban J connectivity index is 2.84. The fourth-order valence-corrected chi connectivity index (χ4v) is 1.58. The molecule has 0 radical (unpaired) electrons. The molecule has 5 nitrogen and oxygen atoms in total. The molecule has 0 bridgehead atoms. The van der Waals surface area contributed by atoms with Gasteiger partial charge in [0.05, 0.1) is 0 Å². The summed E-state index contributed by atoms with van der Waals surface area (Å²) in [6.07, 6.45) is 4.52. The summed E-state index contributed by atoms with van der Waals surface area (Å²) in [5, 5.41) is 21.1. The highest BCUT2D eigenvalue weighted by Gasteiger charge is 2.15. The number of hydrogen-bond acceptors (Lipinski definition) is 4. The lowest BCUT2D eigenvalue weighted by atomic mass is 10.2. The zero-order valence-electron chi connectivity index (χ0n) is 11.6. The van der Waals surface area contributed by atoms with Gasteiger partial charge in [0.1, 0.15) is 17.4 Å². The van der Waals surface area contributed by atoms with Crippen molar-refractivity contribution in [3.05, 3.63) is 61.3 Å². The number of rotatable bonds is 7. The van der Waals surface area contributed by atoms with Crippen molar-refractivity contribution in [1.29, 1.82) is 5.26 Å². The lowest BCUT2D eigenvalue weighted by Crippen LogP contribution is -2.32. The normalized spacial score (nSPS) is 10.3. The average Bonchev–Trinajstić information content (AvgIpc) is 2.49. The van der Waals surface area contributed by atoms with Crippen LogP contribution < -0.4 is 5.32 Å². The van der Waals surface area contributed by atoms with Crippen LogP contribution in [0.25, 0.3) is 0 Å². The Morgan fingerprint density at radius 3 is 2.33 bits per heavy atom. The summed E-state index contributed by atoms with van der Waals surface area (Å²) >= 11 is 0. The van der Waals surface area contributed by atoms with Crippen molar-refractivity contribution in [3.8, 4) is 11.8 Å². The molecule has 0 unspecified atom stereocenters. The van der Waals surface area contributed by atoms with Crippen LogP contribution in [0.4, 0.5) is 5.69 Å². The van der Waals surface area contributed by atoms with E-state index < -0.39 is 5.91 Å². The summed E-state index contributed by atoms with van der Waals surface area (Å²) in [6, 6.07) is 8.15. The molecule has 0 saturated heterocycles. The van der Waals surface area contributed by atoms with E-state index >= 15 is 0 Å². The molecular weight excluding hydrogens is 266 g/mol. The molecule has 1 rings (SSSR count). The van der Waals surface area contributed by atoms with Gasteiger partial charge in [0, 0.05) is 25.0 Å². The molecule has 2 N–H and O–H groups in total. The zero-order chi connectivity index (χ0) is 15.7. The number of benzene rings is 1. The number of nitriles is 1. The topological polar surface area (TPSA) is 76.4 Å². The van der Waals surface area contributed by atoms with Gasteiger partial charge in [-0.1, -0.05) is 12.2 Å². The standard InChI is InChI=1S/C16H17N3O2/c1-3-9-19(10-4-2)16(21)13(11-17)12-18-14-5-7-15(20)8-6-14/h3-8,12,18,20H,1-2,9-10H2/b13-12-. The van der Waals surface area contributed by atoms with Gasteiger partial charge in [-0.3, -0.25) is 4.79 Å². The first-order valence-corrected chi connectivity index (χ1v) is 6.29. The third kappa shape index (κ3) is 4.88. The van der Waals surface area contributed by atoms with Crippen molar-refractivity contribution < 1.29 is 9.90 Å². The molecule has 5 heteroatoms. The maximum atomic E-state index is 12.2. The van der Waals surface area contributed by atoms with E-state index in [-0.39, 0.29) is 11.3 Å². The quantitative estimate of drug-likeness (QED) is 0.349. The summed E-state index contributed by atoms with van der Waals surface area (Å²) in [5.74, 6) is -0.257. The summed E-state index contributed by atoms with van der Waals surface area (Å²) < 4.78 is 0. The Morgan fingerprint density at radius 2 is 1.86 bits per heavy atom. The largest absolute Gasteiger partial charge is 0.508 e. The minimum atomic E-state index is -0.399. The number of nitrogens with zero attached hydrogens (tertiary/aromatic N) is 2. The third-order valence-electron chi connectivity index (χ3n) is 2.59. The predicted molar refractivity (Wildman–Crippen MR) is 82.4 cm³/mol. The molecule has 1 amide bonds. The van der Waals surface area contributed by atoms with E-state index in [4.69, 9.17) is 5.26 Å². The van der Waals surface area contributed by atoms with Crippen LogP contribution in [-0.4, -0.2) is 29.0 Å². The Hall–Kier alpha value is -3.00. The average molecular weight is 283 g/mol. The number of carbonyl (C=O) groups excluding carboxylic acids is 1. The van der Waals surface area contributed by atoms with Crippen LogP contribution in [0.1, 0.15) is 0 Å². The fourth-order valence-electron chi connectivity index (χ4n) is 1.58. The lowest BCUT2D eigenvalue weighted by Gasteiger charge is -2.18. The number of amides is 1. The number of anilines is 1. The first kappa shape index (κ1) is 16.1. The molecular formula is C16H17N3O2. The summed E-state index contributed by atoms with van der Waals surface area (Å²) in [7, 11) is 0. The number of hydrogen-bond donors (Lipinski definition) is 2. The number of aromatic hydroxyl groups is 1. The molecule has 0 aliphatic heterocycles. The van der Waals surface area contributed by atoms with Crippen molar-refractivity contribution in [2.75, 3.05) is 18.4 Å². The second kappa shape index (κ2) is 8.23. The van der Waals surface area contributed by atoms with E-state index in [9.17, 15) is 9.90 Å². The van der Waals surface area contributed by atoms with Crippen LogP contribution in [0.2, 0.25) is 0 Å². The highest BCUT2D eigenvalue weighted by Crippen LogP contribution is 2.14. The molecule has 21 heavy (non-hydrogen) atoms. The van der Waals surface area contributed by atoms with Crippen LogP contribution in [0.5, 0.6) is 5.75 Å². The Morgan fingerprint density at radius 1 is 1.29 bits per heavy atom. The van der Waals surface area contributed by atoms with Crippen LogP contribution in [0.3, 0.4) is 0 Å². The molecule has 1 aromatic carbocycles. The van der Waals surface area contributed by atoms with Gasteiger partial charge in [-0.15, -0.1) is 13.2 Å². The van der Waals surface area contributed by atoms with Crippen molar-refractivity contribution in [1.82, 2.24) is 4.90 Å². The van der Waals surface area contributed by atoms with E-state index in [2.05, 4.69) is 18.5 Å². The second-order valence-electron chi connectivity index (χ2n) is 4.15. The van der Waals surface area contributed by atoms with Crippen molar-refractivity contribution >= 4 is 11.6 Å².